The Kier molecular flexibility index (Phi) is 5.91. The number of nitrogens with one attached hydrogen (secondary N) is 1. The first kappa shape index (κ1) is 21.9. The lowest BCUT2D eigenvalue weighted by atomic mass is 9.93. The van der Waals surface area contributed by atoms with Crippen molar-refractivity contribution in [2.45, 2.75) is 52.7 Å². The largest absolute Gasteiger partial charge is 0.463 e. The van der Waals surface area contributed by atoms with E-state index in [2.05, 4.69) is 24.3 Å². The Labute approximate surface area is 188 Å². The molecule has 1 atom stereocenters. The summed E-state index contributed by atoms with van der Waals surface area (Å²) in [7, 11) is 0. The Hall–Kier alpha value is -3.35. The second kappa shape index (κ2) is 8.65. The number of benzene rings is 1. The van der Waals surface area contributed by atoms with Gasteiger partial charge in [0.1, 0.15) is 16.9 Å². The number of furan rings is 1. The summed E-state index contributed by atoms with van der Waals surface area (Å²) < 4.78 is 7.10. The molecule has 0 saturated carbocycles. The Morgan fingerprint density at radius 1 is 1.25 bits per heavy atom. The van der Waals surface area contributed by atoms with E-state index < -0.39 is 5.54 Å². The van der Waals surface area contributed by atoms with E-state index in [0.29, 0.717) is 36.2 Å². The molecule has 2 amide bonds. The highest BCUT2D eigenvalue weighted by atomic mass is 16.3. The van der Waals surface area contributed by atoms with Crippen molar-refractivity contribution in [2.75, 3.05) is 6.54 Å². The number of hydrogen-bond acceptors (Lipinski definition) is 4. The predicted octanol–water partition coefficient (Wildman–Crippen LogP) is 4.03. The molecule has 32 heavy (non-hydrogen) atoms. The van der Waals surface area contributed by atoms with E-state index in [-0.39, 0.29) is 18.4 Å². The highest BCUT2D eigenvalue weighted by Crippen LogP contribution is 2.31. The summed E-state index contributed by atoms with van der Waals surface area (Å²) in [5.41, 5.74) is 2.06. The van der Waals surface area contributed by atoms with E-state index >= 15 is 0 Å². The first-order valence-electron chi connectivity index (χ1n) is 11.1. The number of fused-ring (bicyclic) bond motifs is 1. The van der Waals surface area contributed by atoms with Crippen LogP contribution >= 0.6 is 0 Å². The molecule has 1 aromatic carbocycles. The quantitative estimate of drug-likeness (QED) is 0.609. The van der Waals surface area contributed by atoms with Gasteiger partial charge in [0.15, 0.2) is 5.76 Å². The van der Waals surface area contributed by atoms with E-state index in [1.165, 1.54) is 0 Å². The van der Waals surface area contributed by atoms with Crippen LogP contribution in [0.4, 0.5) is 0 Å². The van der Waals surface area contributed by atoms with Crippen LogP contribution in [0, 0.1) is 12.8 Å². The normalized spacial score (nSPS) is 18.2. The third kappa shape index (κ3) is 4.20. The molecule has 3 heterocycles. The molecule has 7 nitrogen and oxygen atoms in total. The average molecular weight is 435 g/mol. The number of carbonyl (C=O) groups is 2. The Morgan fingerprint density at radius 3 is 2.75 bits per heavy atom. The van der Waals surface area contributed by atoms with Crippen molar-refractivity contribution in [3.8, 4) is 11.5 Å². The van der Waals surface area contributed by atoms with Gasteiger partial charge in [0, 0.05) is 19.2 Å². The molecule has 3 aromatic rings. The van der Waals surface area contributed by atoms with Gasteiger partial charge in [0.25, 0.3) is 5.91 Å². The first-order chi connectivity index (χ1) is 15.3. The molecule has 4 rings (SSSR count). The van der Waals surface area contributed by atoms with E-state index in [0.717, 1.165) is 17.5 Å². The fraction of sp³-hybridized carbons (Fsp3) is 0.400. The van der Waals surface area contributed by atoms with Crippen LogP contribution in [0.2, 0.25) is 0 Å². The third-order valence-electron chi connectivity index (χ3n) is 5.99. The molecule has 0 spiro atoms. The molecule has 0 radical (unpaired) electrons. The maximum absolute atomic E-state index is 13.6. The van der Waals surface area contributed by atoms with Crippen molar-refractivity contribution in [2.24, 2.45) is 5.92 Å². The maximum Gasteiger partial charge on any atom is 0.273 e. The summed E-state index contributed by atoms with van der Waals surface area (Å²) in [4.78, 5) is 28.7. The number of aromatic nitrogens is 2. The van der Waals surface area contributed by atoms with Gasteiger partial charge in [0.05, 0.1) is 12.8 Å². The summed E-state index contributed by atoms with van der Waals surface area (Å²) in [5.74, 6) is 0.686. The van der Waals surface area contributed by atoms with Crippen molar-refractivity contribution in [1.82, 2.24) is 20.0 Å². The lowest BCUT2D eigenvalue weighted by molar-refractivity contribution is -0.133. The SMILES string of the molecule is Cc1cccc(CN2C(=O)c3cc(-c4ccco4)nn3CC2(C)C(=O)NCCC(C)C)c1. The minimum atomic E-state index is -1.07. The number of amides is 2. The van der Waals surface area contributed by atoms with Crippen LogP contribution in [-0.2, 0) is 17.9 Å². The van der Waals surface area contributed by atoms with Crippen LogP contribution in [0.5, 0.6) is 0 Å². The fourth-order valence-corrected chi connectivity index (χ4v) is 4.09. The number of aryl methyl sites for hydroxylation is 1. The summed E-state index contributed by atoms with van der Waals surface area (Å²) in [6, 6.07) is 13.3. The molecular formula is C25H30N4O3. The first-order valence-corrected chi connectivity index (χ1v) is 11.1. The molecule has 7 heteroatoms. The molecule has 168 valence electrons. The zero-order chi connectivity index (χ0) is 22.9. The van der Waals surface area contributed by atoms with E-state index in [4.69, 9.17) is 4.42 Å². The highest BCUT2D eigenvalue weighted by Gasteiger charge is 2.48. The van der Waals surface area contributed by atoms with Gasteiger partial charge in [-0.25, -0.2) is 0 Å². The molecule has 1 N–H and O–H groups in total. The van der Waals surface area contributed by atoms with E-state index in [9.17, 15) is 9.59 Å². The van der Waals surface area contributed by atoms with Crippen molar-refractivity contribution >= 4 is 11.8 Å². The number of carbonyl (C=O) groups excluding carboxylic acids is 2. The molecular weight excluding hydrogens is 404 g/mol. The molecule has 0 bridgehead atoms. The van der Waals surface area contributed by atoms with Gasteiger partial charge in [-0.05, 0) is 43.9 Å². The van der Waals surface area contributed by atoms with Crippen LogP contribution in [0.25, 0.3) is 11.5 Å². The molecule has 0 aliphatic carbocycles. The Bertz CT molecular complexity index is 1120. The lowest BCUT2D eigenvalue weighted by Crippen LogP contribution is -2.63. The van der Waals surface area contributed by atoms with Crippen LogP contribution < -0.4 is 5.32 Å². The van der Waals surface area contributed by atoms with Crippen LogP contribution in [0.1, 0.15) is 48.8 Å². The number of rotatable bonds is 7. The predicted molar refractivity (Wildman–Crippen MR) is 122 cm³/mol. The van der Waals surface area contributed by atoms with Crippen LogP contribution in [0.3, 0.4) is 0 Å². The summed E-state index contributed by atoms with van der Waals surface area (Å²) in [6.07, 6.45) is 2.45. The molecule has 2 aromatic heterocycles. The number of nitrogens with zero attached hydrogens (tertiary/aromatic N) is 3. The monoisotopic (exact) mass is 434 g/mol. The molecule has 0 fully saturated rings. The van der Waals surface area contributed by atoms with Crippen LogP contribution in [0.15, 0.2) is 53.1 Å². The van der Waals surface area contributed by atoms with Gasteiger partial charge in [0.2, 0.25) is 5.91 Å². The van der Waals surface area contributed by atoms with Gasteiger partial charge < -0.3 is 14.6 Å². The number of hydrogen-bond donors (Lipinski definition) is 1. The second-order valence-electron chi connectivity index (χ2n) is 9.14. The standard InChI is InChI=1S/C25H30N4O3/c1-17(2)10-11-26-24(31)25(4)16-29-21(14-20(27-29)22-9-6-12-32-22)23(30)28(25)15-19-8-5-7-18(3)13-19/h5-9,12-14,17H,10-11,15-16H2,1-4H3,(H,26,31). The lowest BCUT2D eigenvalue weighted by Gasteiger charge is -2.43. The van der Waals surface area contributed by atoms with E-state index in [1.54, 1.807) is 34.0 Å². The Morgan fingerprint density at radius 2 is 2.06 bits per heavy atom. The minimum Gasteiger partial charge on any atom is -0.463 e. The third-order valence-corrected chi connectivity index (χ3v) is 5.99. The van der Waals surface area contributed by atoms with Crippen molar-refractivity contribution in [3.05, 3.63) is 65.5 Å². The zero-order valence-corrected chi connectivity index (χ0v) is 19.1. The van der Waals surface area contributed by atoms with Crippen molar-refractivity contribution in [1.29, 1.82) is 0 Å². The van der Waals surface area contributed by atoms with Gasteiger partial charge in [-0.2, -0.15) is 5.10 Å². The average Bonchev–Trinajstić information content (AvgIpc) is 3.40. The molecule has 0 saturated heterocycles. The smallest absolute Gasteiger partial charge is 0.273 e. The minimum absolute atomic E-state index is 0.167. The summed E-state index contributed by atoms with van der Waals surface area (Å²) in [5, 5.41) is 7.63. The molecule has 1 aliphatic rings. The van der Waals surface area contributed by atoms with Crippen molar-refractivity contribution in [3.63, 3.8) is 0 Å². The van der Waals surface area contributed by atoms with Gasteiger partial charge in [-0.15, -0.1) is 0 Å². The second-order valence-corrected chi connectivity index (χ2v) is 9.14. The summed E-state index contributed by atoms with van der Waals surface area (Å²) >= 11 is 0. The summed E-state index contributed by atoms with van der Waals surface area (Å²) in [6.45, 7) is 9.27. The topological polar surface area (TPSA) is 80.4 Å². The molecule has 1 unspecified atom stereocenters. The highest BCUT2D eigenvalue weighted by molar-refractivity contribution is 6.00. The van der Waals surface area contributed by atoms with Gasteiger partial charge >= 0.3 is 0 Å². The zero-order valence-electron chi connectivity index (χ0n) is 19.1. The van der Waals surface area contributed by atoms with Gasteiger partial charge in [-0.3, -0.25) is 14.3 Å². The fourth-order valence-electron chi connectivity index (χ4n) is 4.09. The van der Waals surface area contributed by atoms with Gasteiger partial charge in [-0.1, -0.05) is 43.7 Å². The maximum atomic E-state index is 13.6. The van der Waals surface area contributed by atoms with Crippen LogP contribution in [-0.4, -0.2) is 38.6 Å². The van der Waals surface area contributed by atoms with Crippen molar-refractivity contribution < 1.29 is 14.0 Å². The van der Waals surface area contributed by atoms with E-state index in [1.807, 2.05) is 38.1 Å². The molecule has 1 aliphatic heterocycles. The Balaban J connectivity index is 1.69.